The summed E-state index contributed by atoms with van der Waals surface area (Å²) in [5.41, 5.74) is 0. The van der Waals surface area contributed by atoms with E-state index in [9.17, 15) is 43.2 Å². The van der Waals surface area contributed by atoms with Gasteiger partial charge in [-0.05, 0) is 37.5 Å². The van der Waals surface area contributed by atoms with Crippen molar-refractivity contribution in [2.45, 2.75) is 471 Å². The quantitative estimate of drug-likeness (QED) is 0.0222. The number of aliphatic hydroxyl groups excluding tert-OH is 1. The maximum Gasteiger partial charge on any atom is 0.472 e. The van der Waals surface area contributed by atoms with Crippen LogP contribution in [-0.2, 0) is 65.4 Å². The molecule has 3 N–H and O–H groups in total. The molecular weight excluding hydrogens is 1350 g/mol. The van der Waals surface area contributed by atoms with Gasteiger partial charge in [-0.25, -0.2) is 9.13 Å². The van der Waals surface area contributed by atoms with E-state index in [-0.39, 0.29) is 25.7 Å². The summed E-state index contributed by atoms with van der Waals surface area (Å²) in [7, 11) is -9.92. The molecular formula is C85H166O17P2. The lowest BCUT2D eigenvalue weighted by Crippen LogP contribution is -2.30. The summed E-state index contributed by atoms with van der Waals surface area (Å²) in [5, 5.41) is 10.7. The van der Waals surface area contributed by atoms with Gasteiger partial charge in [0.05, 0.1) is 26.4 Å². The molecule has 7 atom stereocenters. The van der Waals surface area contributed by atoms with Crippen molar-refractivity contribution in [3.05, 3.63) is 0 Å². The average molecular weight is 1520 g/mol. The van der Waals surface area contributed by atoms with Crippen LogP contribution in [0.2, 0.25) is 0 Å². The van der Waals surface area contributed by atoms with Crippen molar-refractivity contribution in [1.29, 1.82) is 0 Å². The van der Waals surface area contributed by atoms with Gasteiger partial charge < -0.3 is 33.8 Å². The van der Waals surface area contributed by atoms with Crippen LogP contribution in [0.15, 0.2) is 0 Å². The van der Waals surface area contributed by atoms with Crippen LogP contribution in [-0.4, -0.2) is 96.7 Å². The van der Waals surface area contributed by atoms with Crippen LogP contribution in [0.1, 0.15) is 452 Å². The zero-order valence-electron chi connectivity index (χ0n) is 68.3. The zero-order chi connectivity index (χ0) is 76.4. The van der Waals surface area contributed by atoms with Gasteiger partial charge in [0, 0.05) is 25.7 Å². The molecule has 618 valence electrons. The molecule has 17 nitrogen and oxygen atoms in total. The lowest BCUT2D eigenvalue weighted by Gasteiger charge is -2.21. The number of phosphoric acid groups is 2. The molecule has 0 saturated carbocycles. The summed E-state index contributed by atoms with van der Waals surface area (Å²) in [6.07, 6.45) is 67.8. The monoisotopic (exact) mass is 1520 g/mol. The highest BCUT2D eigenvalue weighted by atomic mass is 31.2. The molecule has 0 radical (unpaired) electrons. The first-order valence-corrected chi connectivity index (χ1v) is 47.1. The maximum atomic E-state index is 13.1. The number of rotatable bonds is 84. The van der Waals surface area contributed by atoms with Crippen LogP contribution < -0.4 is 0 Å². The molecule has 104 heavy (non-hydrogen) atoms. The third-order valence-corrected chi connectivity index (χ3v) is 22.6. The van der Waals surface area contributed by atoms with E-state index in [1.165, 1.54) is 270 Å². The van der Waals surface area contributed by atoms with Gasteiger partial charge in [-0.2, -0.15) is 0 Å². The van der Waals surface area contributed by atoms with Crippen molar-refractivity contribution in [3.8, 4) is 0 Å². The summed E-state index contributed by atoms with van der Waals surface area (Å²) in [6, 6.07) is 0. The Kier molecular flexibility index (Phi) is 75.0. The fraction of sp³-hybridized carbons (Fsp3) is 0.953. The lowest BCUT2D eigenvalue weighted by atomic mass is 9.99. The lowest BCUT2D eigenvalue weighted by molar-refractivity contribution is -0.161. The molecule has 0 heterocycles. The minimum atomic E-state index is -4.97. The first-order chi connectivity index (χ1) is 50.4. The standard InChI is InChI=1S/C85H166O17P2/c1-7-11-13-15-17-19-21-37-43-49-55-61-67-82(87)95-73-80(101-84(89)69-63-57-51-45-38-22-20-18-16-14-12-8-2)75-99-103(91,92)97-71-79(86)72-98-104(93,94)100-76-81(74-96-83(88)68-62-56-50-44-39-33-30-29-32-36-42-48-54-60-66-78(6)10-4)102-85(90)70-64-58-52-46-40-34-28-26-24-23-25-27-31-35-41-47-53-59-65-77(5)9-3/h77-81,86H,7-76H2,1-6H3,(H,91,92)(H,93,94)/t77?,78?,79-,80+,81+/m0/s1. The molecule has 0 aromatic carbocycles. The highest BCUT2D eigenvalue weighted by Gasteiger charge is 2.30. The van der Waals surface area contributed by atoms with Crippen molar-refractivity contribution in [2.24, 2.45) is 11.8 Å². The van der Waals surface area contributed by atoms with Gasteiger partial charge in [-0.1, -0.05) is 401 Å². The van der Waals surface area contributed by atoms with Crippen molar-refractivity contribution in [2.75, 3.05) is 39.6 Å². The van der Waals surface area contributed by atoms with Crippen molar-refractivity contribution in [3.63, 3.8) is 0 Å². The third-order valence-electron chi connectivity index (χ3n) is 20.7. The van der Waals surface area contributed by atoms with Crippen LogP contribution in [0.3, 0.4) is 0 Å². The number of phosphoric ester groups is 2. The van der Waals surface area contributed by atoms with E-state index in [2.05, 4.69) is 41.5 Å². The number of hydrogen-bond acceptors (Lipinski definition) is 15. The first kappa shape index (κ1) is 102. The summed E-state index contributed by atoms with van der Waals surface area (Å²) >= 11 is 0. The maximum absolute atomic E-state index is 13.1. The van der Waals surface area contributed by atoms with Gasteiger partial charge in [-0.15, -0.1) is 0 Å². The van der Waals surface area contributed by atoms with E-state index in [1.54, 1.807) is 0 Å². The number of hydrogen-bond donors (Lipinski definition) is 3. The molecule has 0 bridgehead atoms. The minimum Gasteiger partial charge on any atom is -0.462 e. The smallest absolute Gasteiger partial charge is 0.462 e. The number of unbranched alkanes of at least 4 members (excludes halogenated alkanes) is 52. The second kappa shape index (κ2) is 76.4. The number of aliphatic hydroxyl groups is 1. The molecule has 0 aliphatic rings. The number of carbonyl (C=O) groups is 4. The fourth-order valence-electron chi connectivity index (χ4n) is 13.2. The van der Waals surface area contributed by atoms with Crippen LogP contribution >= 0.6 is 15.6 Å². The van der Waals surface area contributed by atoms with Crippen LogP contribution in [0.25, 0.3) is 0 Å². The predicted molar refractivity (Wildman–Crippen MR) is 428 cm³/mol. The van der Waals surface area contributed by atoms with Gasteiger partial charge in [0.1, 0.15) is 19.3 Å². The molecule has 0 aliphatic carbocycles. The summed E-state index contributed by atoms with van der Waals surface area (Å²) in [5.74, 6) is -0.380. The Bertz CT molecular complexity index is 2000. The Morgan fingerprint density at radius 2 is 0.462 bits per heavy atom. The van der Waals surface area contributed by atoms with E-state index in [4.69, 9.17) is 37.0 Å². The predicted octanol–water partition coefficient (Wildman–Crippen LogP) is 25.8. The van der Waals surface area contributed by atoms with Crippen molar-refractivity contribution < 1.29 is 80.2 Å². The molecule has 0 fully saturated rings. The van der Waals surface area contributed by atoms with E-state index >= 15 is 0 Å². The second-order valence-corrected chi connectivity index (χ2v) is 34.0. The summed E-state index contributed by atoms with van der Waals surface area (Å²) < 4.78 is 68.8. The average Bonchev–Trinajstić information content (AvgIpc) is 0.911. The topological polar surface area (TPSA) is 237 Å². The Labute approximate surface area is 638 Å². The number of carbonyl (C=O) groups excluding carboxylic acids is 4. The van der Waals surface area contributed by atoms with E-state index in [1.807, 2.05) is 0 Å². The summed E-state index contributed by atoms with van der Waals surface area (Å²) in [4.78, 5) is 73.2. The van der Waals surface area contributed by atoms with E-state index in [0.29, 0.717) is 25.7 Å². The molecule has 19 heteroatoms. The Morgan fingerprint density at radius 1 is 0.269 bits per heavy atom. The van der Waals surface area contributed by atoms with Crippen LogP contribution in [0, 0.1) is 11.8 Å². The second-order valence-electron chi connectivity index (χ2n) is 31.1. The highest BCUT2D eigenvalue weighted by molar-refractivity contribution is 7.47. The number of ether oxygens (including phenoxy) is 4. The van der Waals surface area contributed by atoms with Crippen LogP contribution in [0.5, 0.6) is 0 Å². The van der Waals surface area contributed by atoms with Gasteiger partial charge >= 0.3 is 39.5 Å². The van der Waals surface area contributed by atoms with E-state index < -0.39 is 97.5 Å². The Balaban J connectivity index is 5.23. The van der Waals surface area contributed by atoms with Crippen LogP contribution in [0.4, 0.5) is 0 Å². The minimum absolute atomic E-state index is 0.108. The molecule has 0 aliphatic heterocycles. The zero-order valence-corrected chi connectivity index (χ0v) is 70.1. The summed E-state index contributed by atoms with van der Waals surface area (Å²) in [6.45, 7) is 9.79. The van der Waals surface area contributed by atoms with Gasteiger partial charge in [0.25, 0.3) is 0 Å². The molecule has 0 saturated heterocycles. The number of esters is 4. The van der Waals surface area contributed by atoms with E-state index in [0.717, 1.165) is 102 Å². The largest absolute Gasteiger partial charge is 0.472 e. The highest BCUT2D eigenvalue weighted by Crippen LogP contribution is 2.45. The van der Waals surface area contributed by atoms with Crippen molar-refractivity contribution in [1.82, 2.24) is 0 Å². The SMILES string of the molecule is CCCCCCCCCCCCCCC(=O)OC[C@H](COP(=O)(O)OC[C@H](O)COP(=O)(O)OC[C@@H](COC(=O)CCCCCCCCCCCCCCCCC(C)CC)OC(=O)CCCCCCCCCCCCCCCCCCCCC(C)CC)OC(=O)CCCCCCCCCCCCCC. The van der Waals surface area contributed by atoms with Crippen molar-refractivity contribution >= 4 is 39.5 Å². The third kappa shape index (κ3) is 75.5. The van der Waals surface area contributed by atoms with Gasteiger partial charge in [0.2, 0.25) is 0 Å². The Morgan fingerprint density at radius 3 is 0.683 bits per heavy atom. The molecule has 0 aromatic heterocycles. The van der Waals surface area contributed by atoms with Gasteiger partial charge in [-0.3, -0.25) is 37.3 Å². The molecule has 0 spiro atoms. The first-order valence-electron chi connectivity index (χ1n) is 44.1. The molecule has 0 aromatic rings. The molecule has 0 rings (SSSR count). The van der Waals surface area contributed by atoms with Gasteiger partial charge in [0.15, 0.2) is 12.2 Å². The normalized spacial score (nSPS) is 14.4. The Hall–Kier alpha value is -1.94. The molecule has 0 amide bonds. The fourth-order valence-corrected chi connectivity index (χ4v) is 14.8. The molecule has 4 unspecified atom stereocenters.